The second-order valence-electron chi connectivity index (χ2n) is 3.79. The Morgan fingerprint density at radius 2 is 2.31 bits per heavy atom. The maximum atomic E-state index is 9.15. The molecule has 0 aliphatic heterocycles. The van der Waals surface area contributed by atoms with E-state index < -0.39 is 0 Å². The molecule has 0 radical (unpaired) electrons. The zero-order valence-corrected chi connectivity index (χ0v) is 10.2. The molecule has 1 rings (SSSR count). The van der Waals surface area contributed by atoms with Gasteiger partial charge in [-0.25, -0.2) is 0 Å². The van der Waals surface area contributed by atoms with Gasteiger partial charge in [0.1, 0.15) is 0 Å². The highest BCUT2D eigenvalue weighted by Crippen LogP contribution is 2.35. The topological polar surface area (TPSA) is 46.2 Å². The number of thiophene rings is 1. The van der Waals surface area contributed by atoms with Crippen LogP contribution in [-0.4, -0.2) is 11.7 Å². The molecule has 0 aliphatic rings. The third-order valence-corrected chi connectivity index (χ3v) is 3.92. The molecule has 0 fully saturated rings. The van der Waals surface area contributed by atoms with Crippen LogP contribution in [0.15, 0.2) is 15.9 Å². The second-order valence-corrected chi connectivity index (χ2v) is 5.65. The van der Waals surface area contributed by atoms with Crippen LogP contribution in [-0.2, 0) is 0 Å². The molecule has 0 spiro atoms. The van der Waals surface area contributed by atoms with Gasteiger partial charge in [0.2, 0.25) is 0 Å². The van der Waals surface area contributed by atoms with Gasteiger partial charge in [-0.3, -0.25) is 0 Å². The molecule has 1 heterocycles. The number of nitrogens with two attached hydrogens (primary N) is 1. The highest BCUT2D eigenvalue weighted by atomic mass is 79.9. The lowest BCUT2D eigenvalue weighted by Crippen LogP contribution is -2.31. The molecular weight excluding hydrogens is 250 g/mol. The molecule has 0 amide bonds. The molecule has 4 heteroatoms. The minimum absolute atomic E-state index is 0.101. The minimum atomic E-state index is -0.260. The second kappa shape index (κ2) is 4.09. The molecule has 13 heavy (non-hydrogen) atoms. The summed E-state index contributed by atoms with van der Waals surface area (Å²) >= 11 is 5.00. The average molecular weight is 264 g/mol. The Labute approximate surface area is 90.9 Å². The van der Waals surface area contributed by atoms with Crippen LogP contribution < -0.4 is 5.73 Å². The van der Waals surface area contributed by atoms with Gasteiger partial charge in [0.25, 0.3) is 0 Å². The molecule has 0 aliphatic carbocycles. The summed E-state index contributed by atoms with van der Waals surface area (Å²) in [5.74, 6) is 0. The average Bonchev–Trinajstić information content (AvgIpc) is 2.50. The van der Waals surface area contributed by atoms with Crippen LogP contribution in [0.4, 0.5) is 0 Å². The van der Waals surface area contributed by atoms with E-state index in [1.807, 2.05) is 25.3 Å². The predicted octanol–water partition coefficient (Wildman–Crippen LogP) is 2.53. The Balaban J connectivity index is 2.84. The van der Waals surface area contributed by atoms with Gasteiger partial charge < -0.3 is 10.8 Å². The predicted molar refractivity (Wildman–Crippen MR) is 59.8 cm³/mol. The van der Waals surface area contributed by atoms with E-state index >= 15 is 0 Å². The Morgan fingerprint density at radius 3 is 2.69 bits per heavy atom. The van der Waals surface area contributed by atoms with Crippen molar-refractivity contribution in [2.24, 2.45) is 11.1 Å². The van der Waals surface area contributed by atoms with Gasteiger partial charge in [-0.2, -0.15) is 0 Å². The first-order valence-corrected chi connectivity index (χ1v) is 5.75. The van der Waals surface area contributed by atoms with E-state index in [0.717, 1.165) is 9.35 Å². The first kappa shape index (κ1) is 11.2. The third-order valence-electron chi connectivity index (χ3n) is 2.14. The fourth-order valence-electron chi connectivity index (χ4n) is 0.975. The number of hydrogen-bond donors (Lipinski definition) is 2. The Kier molecular flexibility index (Phi) is 3.51. The van der Waals surface area contributed by atoms with Gasteiger partial charge in [0.05, 0.1) is 6.61 Å². The molecule has 1 aromatic rings. The number of rotatable bonds is 3. The molecular formula is C9H14BrNOS. The van der Waals surface area contributed by atoms with Gasteiger partial charge in [-0.05, 0) is 22.0 Å². The van der Waals surface area contributed by atoms with E-state index in [0.29, 0.717) is 0 Å². The minimum Gasteiger partial charge on any atom is -0.396 e. The summed E-state index contributed by atoms with van der Waals surface area (Å²) in [6, 6.07) is 1.90. The Hall–Kier alpha value is 0.1000. The van der Waals surface area contributed by atoms with Crippen molar-refractivity contribution in [2.75, 3.05) is 6.61 Å². The van der Waals surface area contributed by atoms with Crippen molar-refractivity contribution in [3.63, 3.8) is 0 Å². The molecule has 0 saturated heterocycles. The summed E-state index contributed by atoms with van der Waals surface area (Å²) < 4.78 is 1.05. The summed E-state index contributed by atoms with van der Waals surface area (Å²) in [5, 5.41) is 11.1. The van der Waals surface area contributed by atoms with Crippen LogP contribution in [0.1, 0.15) is 24.8 Å². The van der Waals surface area contributed by atoms with Crippen LogP contribution in [0.3, 0.4) is 0 Å². The summed E-state index contributed by atoms with van der Waals surface area (Å²) in [7, 11) is 0. The van der Waals surface area contributed by atoms with Gasteiger partial charge in [0, 0.05) is 26.2 Å². The van der Waals surface area contributed by atoms with E-state index in [9.17, 15) is 0 Å². The Bertz CT molecular complexity index is 285. The number of aliphatic hydroxyl groups is 1. The fraction of sp³-hybridized carbons (Fsp3) is 0.556. The molecule has 0 unspecified atom stereocenters. The molecule has 0 aromatic carbocycles. The zero-order chi connectivity index (χ0) is 10.1. The highest BCUT2D eigenvalue weighted by Gasteiger charge is 2.27. The number of halogens is 1. The van der Waals surface area contributed by atoms with Crippen LogP contribution in [0.25, 0.3) is 0 Å². The van der Waals surface area contributed by atoms with Crippen molar-refractivity contribution >= 4 is 27.3 Å². The maximum absolute atomic E-state index is 9.15. The fourth-order valence-corrected chi connectivity index (χ4v) is 2.63. The first-order chi connectivity index (χ1) is 5.97. The van der Waals surface area contributed by atoms with Crippen LogP contribution in [0.2, 0.25) is 0 Å². The quantitative estimate of drug-likeness (QED) is 0.881. The first-order valence-electron chi connectivity index (χ1n) is 4.08. The molecule has 2 nitrogen and oxygen atoms in total. The third kappa shape index (κ3) is 2.53. The summed E-state index contributed by atoms with van der Waals surface area (Å²) in [4.78, 5) is 1.10. The lowest BCUT2D eigenvalue weighted by atomic mass is 9.85. The van der Waals surface area contributed by atoms with Crippen molar-refractivity contribution < 1.29 is 5.11 Å². The van der Waals surface area contributed by atoms with E-state index in [-0.39, 0.29) is 18.1 Å². The van der Waals surface area contributed by atoms with Gasteiger partial charge in [0.15, 0.2) is 0 Å². The van der Waals surface area contributed by atoms with E-state index in [4.69, 9.17) is 10.8 Å². The van der Waals surface area contributed by atoms with Crippen LogP contribution in [0, 0.1) is 5.41 Å². The van der Waals surface area contributed by atoms with Gasteiger partial charge in [-0.1, -0.05) is 13.8 Å². The van der Waals surface area contributed by atoms with Crippen molar-refractivity contribution in [3.8, 4) is 0 Å². The lowest BCUT2D eigenvalue weighted by molar-refractivity contribution is 0.133. The molecule has 1 aromatic heterocycles. The normalized spacial score (nSPS) is 14.5. The van der Waals surface area contributed by atoms with Gasteiger partial charge >= 0.3 is 0 Å². The standard InChI is InChI=1S/C9H14BrNOS/c1-9(2,5-12)8(11)7-3-6(10)4-13-7/h3-4,8,12H,5,11H2,1-2H3/t8-/m1/s1. The van der Waals surface area contributed by atoms with E-state index in [1.54, 1.807) is 11.3 Å². The summed E-state index contributed by atoms with van der Waals surface area (Å²) in [6.07, 6.45) is 0. The summed E-state index contributed by atoms with van der Waals surface area (Å²) in [6.45, 7) is 4.03. The largest absolute Gasteiger partial charge is 0.396 e. The molecule has 74 valence electrons. The monoisotopic (exact) mass is 263 g/mol. The molecule has 1 atom stereocenters. The molecule has 0 saturated carbocycles. The molecule has 3 N–H and O–H groups in total. The van der Waals surface area contributed by atoms with Crippen LogP contribution in [0.5, 0.6) is 0 Å². The lowest BCUT2D eigenvalue weighted by Gasteiger charge is -2.28. The van der Waals surface area contributed by atoms with Crippen molar-refractivity contribution in [2.45, 2.75) is 19.9 Å². The number of hydrogen-bond acceptors (Lipinski definition) is 3. The van der Waals surface area contributed by atoms with E-state index in [2.05, 4.69) is 15.9 Å². The van der Waals surface area contributed by atoms with Crippen molar-refractivity contribution in [1.82, 2.24) is 0 Å². The van der Waals surface area contributed by atoms with Crippen molar-refractivity contribution in [3.05, 3.63) is 20.8 Å². The molecule has 0 bridgehead atoms. The van der Waals surface area contributed by atoms with E-state index in [1.165, 1.54) is 0 Å². The maximum Gasteiger partial charge on any atom is 0.0500 e. The highest BCUT2D eigenvalue weighted by molar-refractivity contribution is 9.10. The van der Waals surface area contributed by atoms with Crippen molar-refractivity contribution in [1.29, 1.82) is 0 Å². The van der Waals surface area contributed by atoms with Gasteiger partial charge in [-0.15, -0.1) is 11.3 Å². The SMILES string of the molecule is CC(C)(CO)[C@H](N)c1cc(Br)cs1. The number of aliphatic hydroxyl groups excluding tert-OH is 1. The summed E-state index contributed by atoms with van der Waals surface area (Å²) in [5.41, 5.74) is 5.77. The smallest absolute Gasteiger partial charge is 0.0500 e. The van der Waals surface area contributed by atoms with Crippen LogP contribution >= 0.6 is 27.3 Å². The zero-order valence-electron chi connectivity index (χ0n) is 7.75. The Morgan fingerprint density at radius 1 is 1.69 bits per heavy atom.